The van der Waals surface area contributed by atoms with Gasteiger partial charge in [-0.15, -0.1) is 0 Å². The van der Waals surface area contributed by atoms with E-state index in [9.17, 15) is 29.5 Å². The number of likely N-dealkylation sites (N-methyl/N-ethyl adjacent to an activating group) is 1. The number of fused-ring (bicyclic) bond motifs is 1. The molecular formula is C42H75N5O8P+. The number of carbonyl (C=O) groups excluding carboxylic acids is 1. The fourth-order valence-corrected chi connectivity index (χ4v) is 7.92. The Morgan fingerprint density at radius 3 is 2.04 bits per heavy atom. The lowest BCUT2D eigenvalue weighted by Gasteiger charge is -2.25. The summed E-state index contributed by atoms with van der Waals surface area (Å²) in [5.74, 6) is -0.138. The quantitative estimate of drug-likeness (QED) is 0.0152. The number of nitro groups is 1. The van der Waals surface area contributed by atoms with Crippen molar-refractivity contribution >= 4 is 30.2 Å². The second-order valence-corrected chi connectivity index (χ2v) is 18.5. The van der Waals surface area contributed by atoms with Gasteiger partial charge in [-0.05, 0) is 60.5 Å². The number of unbranched alkanes of at least 4 members (excludes halogenated alkanes) is 19. The summed E-state index contributed by atoms with van der Waals surface area (Å²) in [6.07, 6.45) is 28.0. The number of nitrogens with zero attached hydrogens (tertiary/aromatic N) is 4. The molecule has 1 aromatic heterocycles. The van der Waals surface area contributed by atoms with E-state index >= 15 is 0 Å². The van der Waals surface area contributed by atoms with Gasteiger partial charge in [0, 0.05) is 12.5 Å². The fourth-order valence-electron chi connectivity index (χ4n) is 6.82. The molecule has 3 atom stereocenters. The molecule has 0 aliphatic heterocycles. The Balaban J connectivity index is 1.68. The molecule has 1 aromatic carbocycles. The number of amides is 1. The van der Waals surface area contributed by atoms with Crippen molar-refractivity contribution < 1.29 is 37.9 Å². The maximum absolute atomic E-state index is 12.9. The maximum Gasteiger partial charge on any atom is 0.328 e. The van der Waals surface area contributed by atoms with Crippen LogP contribution in [0.15, 0.2) is 28.9 Å². The predicted molar refractivity (Wildman–Crippen MR) is 225 cm³/mol. The smallest absolute Gasteiger partial charge is 0.328 e. The molecule has 1 amide bonds. The standard InChI is InChI=1S/C42H74N5O8P/c1-5-6-7-8-9-10-11-12-13-17-20-23-26-29-40(49)43-37(32-35-56(52,53)54-34-33-47(2,3)4)39(48)28-25-22-19-16-14-15-18-21-24-27-36-30-31-38(46(50)51)42-41(36)44-55-45-42/h25,28,30-31,37,39,48H,5-24,26-27,29,32-35H2,1-4H3,(H-,43,49,52,53)/p+1/b28-25+/t37-,39+/m0/s1. The third-order valence-corrected chi connectivity index (χ3v) is 11.8. The molecule has 2 aromatic rings. The van der Waals surface area contributed by atoms with Crippen molar-refractivity contribution in [2.75, 3.05) is 40.5 Å². The van der Waals surface area contributed by atoms with Crippen LogP contribution in [0.4, 0.5) is 5.69 Å². The van der Waals surface area contributed by atoms with Gasteiger partial charge in [0.15, 0.2) is 0 Å². The number of aliphatic hydroxyl groups excluding tert-OH is 1. The van der Waals surface area contributed by atoms with E-state index in [1.165, 1.54) is 70.3 Å². The minimum absolute atomic E-state index is 0.0957. The monoisotopic (exact) mass is 809 g/mol. The van der Waals surface area contributed by atoms with E-state index in [1.807, 2.05) is 27.2 Å². The van der Waals surface area contributed by atoms with Crippen LogP contribution in [0.25, 0.3) is 11.0 Å². The highest BCUT2D eigenvalue weighted by molar-refractivity contribution is 7.52. The van der Waals surface area contributed by atoms with Crippen LogP contribution in [0.3, 0.4) is 0 Å². The van der Waals surface area contributed by atoms with Crippen LogP contribution in [0, 0.1) is 10.1 Å². The lowest BCUT2D eigenvalue weighted by Crippen LogP contribution is -2.43. The number of hydrogen-bond donors (Lipinski definition) is 3. The number of quaternary nitrogens is 1. The van der Waals surface area contributed by atoms with E-state index in [2.05, 4.69) is 22.6 Å². The number of allylic oxidation sites excluding steroid dienone is 1. The average molecular weight is 809 g/mol. The molecule has 1 heterocycles. The fraction of sp³-hybridized carbons (Fsp3) is 0.786. The molecule has 0 aliphatic carbocycles. The molecule has 56 heavy (non-hydrogen) atoms. The van der Waals surface area contributed by atoms with Crippen LogP contribution in [0.5, 0.6) is 0 Å². The van der Waals surface area contributed by atoms with Gasteiger partial charge in [-0.25, -0.2) is 4.63 Å². The van der Waals surface area contributed by atoms with Crippen molar-refractivity contribution in [3.8, 4) is 0 Å². The Morgan fingerprint density at radius 2 is 1.45 bits per heavy atom. The number of hydrogen-bond acceptors (Lipinski definition) is 9. The zero-order valence-electron chi connectivity index (χ0n) is 35.1. The molecule has 0 fully saturated rings. The first-order chi connectivity index (χ1) is 26.8. The van der Waals surface area contributed by atoms with Crippen molar-refractivity contribution in [3.63, 3.8) is 0 Å². The van der Waals surface area contributed by atoms with Gasteiger partial charge in [0.25, 0.3) is 0 Å². The molecule has 0 saturated heterocycles. The van der Waals surface area contributed by atoms with Gasteiger partial charge < -0.3 is 24.3 Å². The zero-order valence-corrected chi connectivity index (χ0v) is 36.0. The number of rotatable bonds is 35. The number of aliphatic hydroxyl groups is 1. The van der Waals surface area contributed by atoms with Gasteiger partial charge in [0.05, 0.1) is 44.4 Å². The second-order valence-electron chi connectivity index (χ2n) is 16.6. The number of non-ortho nitro benzene ring substituents is 1. The third kappa shape index (κ3) is 22.9. The van der Waals surface area contributed by atoms with Crippen molar-refractivity contribution in [1.82, 2.24) is 15.6 Å². The van der Waals surface area contributed by atoms with E-state index in [4.69, 9.17) is 9.15 Å². The minimum Gasteiger partial charge on any atom is -0.387 e. The van der Waals surface area contributed by atoms with Crippen LogP contribution in [0.1, 0.15) is 160 Å². The summed E-state index contributed by atoms with van der Waals surface area (Å²) in [5.41, 5.74) is 1.47. The topological polar surface area (TPSA) is 178 Å². The molecule has 0 aliphatic rings. The molecule has 0 bridgehead atoms. The summed E-state index contributed by atoms with van der Waals surface area (Å²) in [7, 11) is 2.09. The highest BCUT2D eigenvalue weighted by atomic mass is 31.2. The molecule has 13 nitrogen and oxygen atoms in total. The largest absolute Gasteiger partial charge is 0.387 e. The van der Waals surface area contributed by atoms with Crippen LogP contribution in [0.2, 0.25) is 0 Å². The van der Waals surface area contributed by atoms with Gasteiger partial charge in [0.2, 0.25) is 11.4 Å². The zero-order chi connectivity index (χ0) is 41.1. The Labute approximate surface area is 336 Å². The molecule has 2 rings (SSSR count). The lowest BCUT2D eigenvalue weighted by atomic mass is 10.0. The highest BCUT2D eigenvalue weighted by Gasteiger charge is 2.27. The van der Waals surface area contributed by atoms with Crippen LogP contribution in [-0.4, -0.2) is 88.2 Å². The van der Waals surface area contributed by atoms with Gasteiger partial charge in [0.1, 0.15) is 18.7 Å². The first kappa shape index (κ1) is 49.4. The Kier molecular flexibility index (Phi) is 25.3. The summed E-state index contributed by atoms with van der Waals surface area (Å²) in [5, 5.41) is 32.8. The Morgan fingerprint density at radius 1 is 0.893 bits per heavy atom. The third-order valence-electron chi connectivity index (χ3n) is 10.4. The lowest BCUT2D eigenvalue weighted by molar-refractivity contribution is -0.870. The molecule has 0 spiro atoms. The highest BCUT2D eigenvalue weighted by Crippen LogP contribution is 2.42. The van der Waals surface area contributed by atoms with Crippen molar-refractivity contribution in [2.24, 2.45) is 0 Å². The van der Waals surface area contributed by atoms with Gasteiger partial charge in [-0.3, -0.25) is 19.5 Å². The van der Waals surface area contributed by atoms with Crippen molar-refractivity contribution in [1.29, 1.82) is 0 Å². The van der Waals surface area contributed by atoms with E-state index in [0.29, 0.717) is 23.0 Å². The first-order valence-corrected chi connectivity index (χ1v) is 23.4. The van der Waals surface area contributed by atoms with Crippen molar-refractivity contribution in [3.05, 3.63) is 40.0 Å². The molecular weight excluding hydrogens is 733 g/mol. The predicted octanol–water partition coefficient (Wildman–Crippen LogP) is 9.98. The Hall–Kier alpha value is -2.70. The second kappa shape index (κ2) is 28.7. The minimum atomic E-state index is -3.88. The number of aromatic nitrogens is 2. The Bertz CT molecular complexity index is 1450. The summed E-state index contributed by atoms with van der Waals surface area (Å²) in [6.45, 7) is 2.99. The van der Waals surface area contributed by atoms with Gasteiger partial charge in [-0.2, -0.15) is 0 Å². The van der Waals surface area contributed by atoms with E-state index in [0.717, 1.165) is 82.6 Å². The van der Waals surface area contributed by atoms with Gasteiger partial charge >= 0.3 is 13.3 Å². The summed E-state index contributed by atoms with van der Waals surface area (Å²) in [4.78, 5) is 34.1. The van der Waals surface area contributed by atoms with Crippen LogP contribution in [-0.2, 0) is 20.3 Å². The van der Waals surface area contributed by atoms with Crippen LogP contribution < -0.4 is 5.32 Å². The molecule has 14 heteroatoms. The van der Waals surface area contributed by atoms with Gasteiger partial charge in [-0.1, -0.05) is 128 Å². The number of nitrogens with one attached hydrogen (secondary N) is 1. The molecule has 320 valence electrons. The van der Waals surface area contributed by atoms with E-state index in [1.54, 1.807) is 12.1 Å². The number of benzene rings is 1. The summed E-state index contributed by atoms with van der Waals surface area (Å²) < 4.78 is 23.5. The summed E-state index contributed by atoms with van der Waals surface area (Å²) >= 11 is 0. The number of nitro benzene ring substituents is 1. The molecule has 3 N–H and O–H groups in total. The first-order valence-electron chi connectivity index (χ1n) is 21.6. The number of aryl methyl sites for hydroxylation is 1. The summed E-state index contributed by atoms with van der Waals surface area (Å²) in [6, 6.07) is 2.52. The van der Waals surface area contributed by atoms with E-state index in [-0.39, 0.29) is 36.3 Å². The maximum atomic E-state index is 12.9. The van der Waals surface area contributed by atoms with Crippen molar-refractivity contribution in [2.45, 2.75) is 173 Å². The SMILES string of the molecule is CCCCCCCCCCCCCCCC(=O)N[C@@H](CCP(=O)(O)OCC[N+](C)(C)C)[C@H](O)/C=C/CCCCCCCCCc1ccc([N+](=O)[O-])c2nonc12. The molecule has 0 radical (unpaired) electrons. The molecule has 1 unspecified atom stereocenters. The average Bonchev–Trinajstić information content (AvgIpc) is 3.64. The number of carbonyl (C=O) groups is 1. The van der Waals surface area contributed by atoms with E-state index < -0.39 is 24.7 Å². The molecule has 0 saturated carbocycles. The van der Waals surface area contributed by atoms with Crippen LogP contribution >= 0.6 is 7.60 Å². The normalized spacial score (nSPS) is 14.3.